The van der Waals surface area contributed by atoms with E-state index >= 15 is 0 Å². The maximum absolute atomic E-state index is 2.32. The molecule has 0 aromatic rings. The van der Waals surface area contributed by atoms with Crippen LogP contribution in [0.15, 0.2) is 0 Å². The van der Waals surface area contributed by atoms with E-state index in [0.717, 1.165) is 11.8 Å². The van der Waals surface area contributed by atoms with Crippen LogP contribution in [0, 0.1) is 11.8 Å². The molecule has 0 saturated heterocycles. The second kappa shape index (κ2) is 7.31. The molecule has 0 bridgehead atoms. The largest absolute Gasteiger partial charge is 0.0654 e. The summed E-state index contributed by atoms with van der Waals surface area (Å²) in [4.78, 5) is 0. The first-order valence-corrected chi connectivity index (χ1v) is 6.86. The molecule has 84 valence electrons. The first kappa shape index (κ1) is 12.1. The van der Waals surface area contributed by atoms with Crippen molar-refractivity contribution in [1.29, 1.82) is 0 Å². The summed E-state index contributed by atoms with van der Waals surface area (Å²) in [6.07, 6.45) is 14.9. The molecule has 0 aliphatic heterocycles. The summed E-state index contributed by atoms with van der Waals surface area (Å²) in [5, 5.41) is 0. The molecular formula is C14H28. The zero-order valence-electron chi connectivity index (χ0n) is 10.2. The monoisotopic (exact) mass is 196 g/mol. The van der Waals surface area contributed by atoms with E-state index in [1.54, 1.807) is 6.42 Å². The Morgan fingerprint density at radius 3 is 1.79 bits per heavy atom. The van der Waals surface area contributed by atoms with Gasteiger partial charge in [0.2, 0.25) is 0 Å². The molecule has 2 unspecified atom stereocenters. The number of rotatable bonds is 6. The van der Waals surface area contributed by atoms with Crippen LogP contribution >= 0.6 is 0 Å². The Kier molecular flexibility index (Phi) is 6.31. The van der Waals surface area contributed by atoms with E-state index < -0.39 is 0 Å². The van der Waals surface area contributed by atoms with Gasteiger partial charge in [-0.2, -0.15) is 0 Å². The molecule has 0 aromatic heterocycles. The van der Waals surface area contributed by atoms with Crippen LogP contribution in [0.2, 0.25) is 0 Å². The minimum absolute atomic E-state index is 1.09. The van der Waals surface area contributed by atoms with E-state index in [-0.39, 0.29) is 0 Å². The molecule has 0 radical (unpaired) electrons. The van der Waals surface area contributed by atoms with E-state index in [2.05, 4.69) is 13.8 Å². The molecule has 0 amide bonds. The van der Waals surface area contributed by atoms with E-state index in [0.29, 0.717) is 0 Å². The highest BCUT2D eigenvalue weighted by molar-refractivity contribution is 4.73. The lowest BCUT2D eigenvalue weighted by Crippen LogP contribution is -2.15. The van der Waals surface area contributed by atoms with Crippen molar-refractivity contribution in [1.82, 2.24) is 0 Å². The van der Waals surface area contributed by atoms with Crippen LogP contribution in [0.25, 0.3) is 0 Å². The molecule has 1 saturated carbocycles. The van der Waals surface area contributed by atoms with E-state index in [1.807, 2.05) is 0 Å². The SMILES string of the molecule is CCCCC1CCCC(CCCC)C1. The van der Waals surface area contributed by atoms with Crippen LogP contribution in [0.5, 0.6) is 0 Å². The molecule has 14 heavy (non-hydrogen) atoms. The second-order valence-corrected chi connectivity index (χ2v) is 5.18. The third-order valence-electron chi connectivity index (χ3n) is 3.82. The summed E-state index contributed by atoms with van der Waals surface area (Å²) < 4.78 is 0. The minimum atomic E-state index is 1.09. The van der Waals surface area contributed by atoms with Gasteiger partial charge in [-0.25, -0.2) is 0 Å². The molecular weight excluding hydrogens is 168 g/mol. The summed E-state index contributed by atoms with van der Waals surface area (Å²) in [5.41, 5.74) is 0. The Bertz CT molecular complexity index is 114. The normalized spacial score (nSPS) is 27.9. The fraction of sp³-hybridized carbons (Fsp3) is 1.00. The molecule has 0 heteroatoms. The highest BCUT2D eigenvalue weighted by Crippen LogP contribution is 2.34. The summed E-state index contributed by atoms with van der Waals surface area (Å²) in [6, 6.07) is 0. The lowest BCUT2D eigenvalue weighted by atomic mass is 9.77. The zero-order chi connectivity index (χ0) is 10.2. The van der Waals surface area contributed by atoms with Gasteiger partial charge in [0.25, 0.3) is 0 Å². The third-order valence-corrected chi connectivity index (χ3v) is 3.82. The van der Waals surface area contributed by atoms with Crippen LogP contribution in [0.1, 0.15) is 78.1 Å². The van der Waals surface area contributed by atoms with Crippen LogP contribution in [-0.2, 0) is 0 Å². The average Bonchev–Trinajstić information content (AvgIpc) is 2.24. The van der Waals surface area contributed by atoms with Gasteiger partial charge in [-0.05, 0) is 18.3 Å². The number of hydrogen-bond donors (Lipinski definition) is 0. The standard InChI is InChI=1S/C14H28/c1-3-5-8-13-10-7-11-14(12-13)9-6-4-2/h13-14H,3-12H2,1-2H3. The highest BCUT2D eigenvalue weighted by atomic mass is 14.3. The molecule has 0 aromatic carbocycles. The smallest absolute Gasteiger partial charge is 0.0412 e. The van der Waals surface area contributed by atoms with Gasteiger partial charge < -0.3 is 0 Å². The van der Waals surface area contributed by atoms with Crippen molar-refractivity contribution in [3.05, 3.63) is 0 Å². The first-order valence-electron chi connectivity index (χ1n) is 6.86. The predicted octanol–water partition coefficient (Wildman–Crippen LogP) is 5.17. The molecule has 0 nitrogen and oxygen atoms in total. The van der Waals surface area contributed by atoms with Crippen molar-refractivity contribution in [3.63, 3.8) is 0 Å². The average molecular weight is 196 g/mol. The zero-order valence-corrected chi connectivity index (χ0v) is 10.2. The van der Waals surface area contributed by atoms with Crippen LogP contribution < -0.4 is 0 Å². The molecule has 0 spiro atoms. The van der Waals surface area contributed by atoms with Gasteiger partial charge in [-0.1, -0.05) is 71.6 Å². The fourth-order valence-electron chi connectivity index (χ4n) is 2.91. The molecule has 0 N–H and O–H groups in total. The van der Waals surface area contributed by atoms with Gasteiger partial charge in [-0.3, -0.25) is 0 Å². The van der Waals surface area contributed by atoms with Crippen LogP contribution in [0.4, 0.5) is 0 Å². The molecule has 1 rings (SSSR count). The van der Waals surface area contributed by atoms with Gasteiger partial charge >= 0.3 is 0 Å². The number of hydrogen-bond acceptors (Lipinski definition) is 0. The van der Waals surface area contributed by atoms with Gasteiger partial charge in [0.05, 0.1) is 0 Å². The van der Waals surface area contributed by atoms with Crippen LogP contribution in [-0.4, -0.2) is 0 Å². The number of unbranched alkanes of at least 4 members (excludes halogenated alkanes) is 2. The van der Waals surface area contributed by atoms with Gasteiger partial charge in [0.1, 0.15) is 0 Å². The summed E-state index contributed by atoms with van der Waals surface area (Å²) in [6.45, 7) is 4.63. The summed E-state index contributed by atoms with van der Waals surface area (Å²) in [7, 11) is 0. The Balaban J connectivity index is 2.14. The molecule has 2 atom stereocenters. The maximum atomic E-state index is 2.32. The maximum Gasteiger partial charge on any atom is -0.0412 e. The Labute approximate surface area is 90.5 Å². The van der Waals surface area contributed by atoms with E-state index in [9.17, 15) is 0 Å². The molecule has 1 aliphatic rings. The lowest BCUT2D eigenvalue weighted by molar-refractivity contribution is 0.237. The Hall–Kier alpha value is 0. The molecule has 1 aliphatic carbocycles. The Morgan fingerprint density at radius 2 is 1.36 bits per heavy atom. The fourth-order valence-corrected chi connectivity index (χ4v) is 2.91. The molecule has 0 heterocycles. The minimum Gasteiger partial charge on any atom is -0.0654 e. The predicted molar refractivity (Wildman–Crippen MR) is 64.5 cm³/mol. The third kappa shape index (κ3) is 4.48. The lowest BCUT2D eigenvalue weighted by Gasteiger charge is -2.29. The Morgan fingerprint density at radius 1 is 0.857 bits per heavy atom. The van der Waals surface area contributed by atoms with E-state index in [4.69, 9.17) is 0 Å². The summed E-state index contributed by atoms with van der Waals surface area (Å²) in [5.74, 6) is 2.18. The summed E-state index contributed by atoms with van der Waals surface area (Å²) >= 11 is 0. The van der Waals surface area contributed by atoms with Crippen LogP contribution in [0.3, 0.4) is 0 Å². The first-order chi connectivity index (χ1) is 6.86. The van der Waals surface area contributed by atoms with Crippen molar-refractivity contribution in [2.45, 2.75) is 78.1 Å². The van der Waals surface area contributed by atoms with Crippen molar-refractivity contribution in [2.24, 2.45) is 11.8 Å². The molecule has 1 fully saturated rings. The topological polar surface area (TPSA) is 0 Å². The van der Waals surface area contributed by atoms with E-state index in [1.165, 1.54) is 57.8 Å². The van der Waals surface area contributed by atoms with Gasteiger partial charge in [0, 0.05) is 0 Å². The van der Waals surface area contributed by atoms with Crippen molar-refractivity contribution >= 4 is 0 Å². The second-order valence-electron chi connectivity index (χ2n) is 5.18. The van der Waals surface area contributed by atoms with Gasteiger partial charge in [0.15, 0.2) is 0 Å². The van der Waals surface area contributed by atoms with Crippen molar-refractivity contribution in [2.75, 3.05) is 0 Å². The highest BCUT2D eigenvalue weighted by Gasteiger charge is 2.20. The van der Waals surface area contributed by atoms with Gasteiger partial charge in [-0.15, -0.1) is 0 Å². The van der Waals surface area contributed by atoms with Crippen molar-refractivity contribution in [3.8, 4) is 0 Å². The quantitative estimate of drug-likeness (QED) is 0.549. The van der Waals surface area contributed by atoms with Crippen molar-refractivity contribution < 1.29 is 0 Å².